The molecule has 27 heavy (non-hydrogen) atoms. The topological polar surface area (TPSA) is 82.1 Å². The Kier molecular flexibility index (Phi) is 5.58. The predicted octanol–water partition coefficient (Wildman–Crippen LogP) is 2.13. The van der Waals surface area contributed by atoms with Crippen molar-refractivity contribution in [3.05, 3.63) is 28.2 Å². The Morgan fingerprint density at radius 3 is 2.56 bits per heavy atom. The van der Waals surface area contributed by atoms with Crippen molar-refractivity contribution in [1.82, 2.24) is 4.90 Å². The van der Waals surface area contributed by atoms with Gasteiger partial charge >= 0.3 is 11.9 Å². The third-order valence-electron chi connectivity index (χ3n) is 5.18. The molecular weight excluding hydrogens is 418 g/mol. The average Bonchev–Trinajstić information content (AvgIpc) is 2.66. The van der Waals surface area contributed by atoms with Crippen LogP contribution in [0.25, 0.3) is 0 Å². The first-order valence-corrected chi connectivity index (χ1v) is 9.52. The Bertz CT molecular complexity index is 771. The van der Waals surface area contributed by atoms with Crippen LogP contribution in [-0.4, -0.2) is 56.2 Å². The smallest absolute Gasteiger partial charge is 0.324 e. The van der Waals surface area contributed by atoms with Crippen LogP contribution in [0.3, 0.4) is 0 Å². The van der Waals surface area contributed by atoms with Crippen molar-refractivity contribution in [3.8, 4) is 5.75 Å². The second kappa shape index (κ2) is 7.59. The summed E-state index contributed by atoms with van der Waals surface area (Å²) >= 11 is 3.42. The largest absolute Gasteiger partial charge is 0.469 e. The highest BCUT2D eigenvalue weighted by atomic mass is 79.9. The number of rotatable bonds is 3. The molecule has 146 valence electrons. The summed E-state index contributed by atoms with van der Waals surface area (Å²) in [7, 11) is 1.30. The van der Waals surface area contributed by atoms with Crippen molar-refractivity contribution in [3.63, 3.8) is 0 Å². The maximum absolute atomic E-state index is 13.2. The van der Waals surface area contributed by atoms with Crippen LogP contribution in [0, 0.1) is 11.3 Å². The molecule has 8 heteroatoms. The number of benzene rings is 1. The van der Waals surface area contributed by atoms with Crippen LogP contribution in [-0.2, 0) is 23.9 Å². The average molecular weight is 440 g/mol. The number of nitrogens with zero attached hydrogens (tertiary/aromatic N) is 1. The Morgan fingerprint density at radius 1 is 1.26 bits per heavy atom. The zero-order chi connectivity index (χ0) is 19.8. The van der Waals surface area contributed by atoms with E-state index in [2.05, 4.69) is 15.9 Å². The number of morpholine rings is 1. The van der Waals surface area contributed by atoms with Crippen LogP contribution in [0.4, 0.5) is 0 Å². The summed E-state index contributed by atoms with van der Waals surface area (Å²) in [4.78, 5) is 40.2. The number of methoxy groups -OCH3 is 1. The third kappa shape index (κ3) is 3.60. The molecule has 2 aliphatic heterocycles. The van der Waals surface area contributed by atoms with Crippen LogP contribution in [0.1, 0.15) is 25.3 Å². The predicted molar refractivity (Wildman–Crippen MR) is 99.2 cm³/mol. The van der Waals surface area contributed by atoms with Crippen LogP contribution in [0.5, 0.6) is 5.75 Å². The van der Waals surface area contributed by atoms with Gasteiger partial charge in [0.1, 0.15) is 11.7 Å². The fraction of sp³-hybridized carbons (Fsp3) is 0.526. The second-order valence-electron chi connectivity index (χ2n) is 7.21. The molecule has 3 rings (SSSR count). The molecule has 2 atom stereocenters. The van der Waals surface area contributed by atoms with E-state index in [1.54, 1.807) is 36.9 Å². The van der Waals surface area contributed by atoms with E-state index in [1.165, 1.54) is 7.11 Å². The lowest BCUT2D eigenvalue weighted by Crippen LogP contribution is -2.52. The molecule has 2 heterocycles. The highest BCUT2D eigenvalue weighted by Gasteiger charge is 2.54. The molecule has 7 nitrogen and oxygen atoms in total. The molecule has 0 aliphatic carbocycles. The first kappa shape index (κ1) is 19.8. The first-order chi connectivity index (χ1) is 12.8. The van der Waals surface area contributed by atoms with E-state index in [4.69, 9.17) is 14.2 Å². The van der Waals surface area contributed by atoms with Gasteiger partial charge in [-0.05, 0) is 32.0 Å². The number of carbonyl (C=O) groups is 3. The summed E-state index contributed by atoms with van der Waals surface area (Å²) in [5.74, 6) is -2.98. The van der Waals surface area contributed by atoms with E-state index in [1.807, 2.05) is 0 Å². The molecule has 0 aromatic heterocycles. The standard InChI is InChI=1S/C19H22BrNO6/c1-19(2,18(24)25-3)15-12-10-11(20)4-5-13(12)27-17(23)14(15)16(22)21-6-8-26-9-7-21/h4-5,10,14-15H,6-9H2,1-3H3/t14-,15-/m0/s1. The molecule has 1 amide bonds. The zero-order valence-electron chi connectivity index (χ0n) is 15.5. The molecule has 1 aromatic carbocycles. The maximum atomic E-state index is 13.2. The van der Waals surface area contributed by atoms with Crippen molar-refractivity contribution in [2.45, 2.75) is 19.8 Å². The molecular formula is C19H22BrNO6. The van der Waals surface area contributed by atoms with Crippen LogP contribution < -0.4 is 4.74 Å². The number of hydrogen-bond acceptors (Lipinski definition) is 6. The second-order valence-corrected chi connectivity index (χ2v) is 8.13. The van der Waals surface area contributed by atoms with Crippen LogP contribution >= 0.6 is 15.9 Å². The van der Waals surface area contributed by atoms with Gasteiger partial charge in [-0.3, -0.25) is 14.4 Å². The summed E-state index contributed by atoms with van der Waals surface area (Å²) in [5, 5.41) is 0. The minimum Gasteiger partial charge on any atom is -0.469 e. The number of ether oxygens (including phenoxy) is 3. The molecule has 2 aliphatic rings. The van der Waals surface area contributed by atoms with Gasteiger partial charge in [0.25, 0.3) is 0 Å². The Morgan fingerprint density at radius 2 is 1.93 bits per heavy atom. The van der Waals surface area contributed by atoms with Gasteiger partial charge < -0.3 is 19.1 Å². The monoisotopic (exact) mass is 439 g/mol. The quantitative estimate of drug-likeness (QED) is 0.407. The van der Waals surface area contributed by atoms with Gasteiger partial charge in [-0.2, -0.15) is 0 Å². The van der Waals surface area contributed by atoms with Gasteiger partial charge in [-0.25, -0.2) is 0 Å². The summed E-state index contributed by atoms with van der Waals surface area (Å²) in [6, 6.07) is 5.20. The fourth-order valence-electron chi connectivity index (χ4n) is 3.76. The van der Waals surface area contributed by atoms with Crippen molar-refractivity contribution >= 4 is 33.8 Å². The molecule has 0 bridgehead atoms. The van der Waals surface area contributed by atoms with E-state index < -0.39 is 29.2 Å². The lowest BCUT2D eigenvalue weighted by molar-refractivity contribution is -0.161. The number of hydrogen-bond donors (Lipinski definition) is 0. The SMILES string of the molecule is COC(=O)C(C)(C)[C@H]1c2cc(Br)ccc2OC(=O)[C@@H]1C(=O)N1CCOCC1. The minimum absolute atomic E-state index is 0.351. The number of esters is 2. The van der Waals surface area contributed by atoms with Crippen LogP contribution in [0.15, 0.2) is 22.7 Å². The normalized spacial score (nSPS) is 22.7. The van der Waals surface area contributed by atoms with E-state index in [-0.39, 0.29) is 5.91 Å². The molecule has 0 saturated carbocycles. The third-order valence-corrected chi connectivity index (χ3v) is 5.68. The highest BCUT2D eigenvalue weighted by Crippen LogP contribution is 2.49. The summed E-state index contributed by atoms with van der Waals surface area (Å²) < 4.78 is 16.5. The molecule has 0 radical (unpaired) electrons. The molecule has 1 aromatic rings. The van der Waals surface area contributed by atoms with Gasteiger partial charge in [-0.1, -0.05) is 15.9 Å². The van der Waals surface area contributed by atoms with E-state index in [0.29, 0.717) is 37.6 Å². The zero-order valence-corrected chi connectivity index (χ0v) is 17.1. The van der Waals surface area contributed by atoms with E-state index in [9.17, 15) is 14.4 Å². The lowest BCUT2D eigenvalue weighted by atomic mass is 9.66. The molecule has 1 saturated heterocycles. The van der Waals surface area contributed by atoms with Gasteiger partial charge in [0.05, 0.1) is 25.7 Å². The maximum Gasteiger partial charge on any atom is 0.324 e. The number of amides is 1. The minimum atomic E-state index is -1.13. The van der Waals surface area contributed by atoms with Crippen molar-refractivity contribution < 1.29 is 28.6 Å². The van der Waals surface area contributed by atoms with Gasteiger partial charge in [-0.15, -0.1) is 0 Å². The van der Waals surface area contributed by atoms with Gasteiger partial charge in [0.15, 0.2) is 0 Å². The summed E-state index contributed by atoms with van der Waals surface area (Å²) in [6.07, 6.45) is 0. The van der Waals surface area contributed by atoms with Gasteiger partial charge in [0.2, 0.25) is 5.91 Å². The van der Waals surface area contributed by atoms with Crippen molar-refractivity contribution in [2.24, 2.45) is 11.3 Å². The fourth-order valence-corrected chi connectivity index (χ4v) is 4.14. The lowest BCUT2D eigenvalue weighted by Gasteiger charge is -2.41. The van der Waals surface area contributed by atoms with Crippen molar-refractivity contribution in [1.29, 1.82) is 0 Å². The van der Waals surface area contributed by atoms with Crippen LogP contribution in [0.2, 0.25) is 0 Å². The van der Waals surface area contributed by atoms with E-state index in [0.717, 1.165) is 4.47 Å². The van der Waals surface area contributed by atoms with Crippen molar-refractivity contribution in [2.75, 3.05) is 33.4 Å². The molecule has 0 N–H and O–H groups in total. The van der Waals surface area contributed by atoms with Gasteiger partial charge in [0, 0.05) is 29.0 Å². The summed E-state index contributed by atoms with van der Waals surface area (Å²) in [6.45, 7) is 5.01. The summed E-state index contributed by atoms with van der Waals surface area (Å²) in [5.41, 5.74) is -0.484. The number of fused-ring (bicyclic) bond motifs is 1. The Hall–Kier alpha value is -1.93. The molecule has 1 fully saturated rings. The Balaban J connectivity index is 2.10. The van der Waals surface area contributed by atoms with E-state index >= 15 is 0 Å². The molecule has 0 unspecified atom stereocenters. The highest BCUT2D eigenvalue weighted by molar-refractivity contribution is 9.10. The number of halogens is 1. The Labute approximate surface area is 166 Å². The molecule has 0 spiro atoms. The number of carbonyl (C=O) groups excluding carboxylic acids is 3. The first-order valence-electron chi connectivity index (χ1n) is 8.73.